The van der Waals surface area contributed by atoms with Crippen molar-refractivity contribution in [1.82, 2.24) is 0 Å². The van der Waals surface area contributed by atoms with Crippen LogP contribution in [0, 0.1) is 0 Å². The molecule has 0 spiro atoms. The Balaban J connectivity index is 5.03. The Labute approximate surface area is 87.9 Å². The molecule has 0 heterocycles. The van der Waals surface area contributed by atoms with E-state index in [0.29, 0.717) is 6.42 Å². The van der Waals surface area contributed by atoms with Crippen LogP contribution in [0.4, 0.5) is 0 Å². The van der Waals surface area contributed by atoms with Gasteiger partial charge in [-0.2, -0.15) is 0 Å². The van der Waals surface area contributed by atoms with Crippen molar-refractivity contribution in [3.8, 4) is 0 Å². The first-order valence-corrected chi connectivity index (χ1v) is 4.52. The van der Waals surface area contributed by atoms with E-state index in [2.05, 4.69) is 0 Å². The third-order valence-corrected chi connectivity index (χ3v) is 1.66. The van der Waals surface area contributed by atoms with Crippen LogP contribution in [0.15, 0.2) is 34.9 Å². The second kappa shape index (κ2) is 5.85. The van der Waals surface area contributed by atoms with Crippen LogP contribution in [0.2, 0.25) is 0 Å². The van der Waals surface area contributed by atoms with Crippen molar-refractivity contribution in [3.63, 3.8) is 0 Å². The van der Waals surface area contributed by atoms with Crippen LogP contribution >= 0.6 is 0 Å². The predicted octanol–water partition coefficient (Wildman–Crippen LogP) is 2.90. The summed E-state index contributed by atoms with van der Waals surface area (Å²) in [6, 6.07) is 0. The molecule has 15 heavy (non-hydrogen) atoms. The van der Waals surface area contributed by atoms with Crippen molar-refractivity contribution in [1.29, 1.82) is 0 Å². The van der Waals surface area contributed by atoms with Gasteiger partial charge in [0.15, 0.2) is 11.5 Å². The first kappa shape index (κ1) is 13.2. The van der Waals surface area contributed by atoms with Crippen molar-refractivity contribution in [2.75, 3.05) is 0 Å². The Morgan fingerprint density at radius 3 is 1.87 bits per heavy atom. The maximum absolute atomic E-state index is 9.24. The minimum Gasteiger partial charge on any atom is -0.509 e. The lowest BCUT2D eigenvalue weighted by Crippen LogP contribution is -1.99. The molecule has 86 valence electrons. The monoisotopic (exact) mass is 216 g/mol. The molecular formula is C10H16O5. The first-order valence-electron chi connectivity index (χ1n) is 4.52. The van der Waals surface area contributed by atoms with Gasteiger partial charge in [0.05, 0.1) is 0 Å². The maximum atomic E-state index is 9.24. The molecule has 0 rings (SSSR count). The van der Waals surface area contributed by atoms with Crippen molar-refractivity contribution in [2.24, 2.45) is 0 Å². The molecule has 0 aromatic rings. The minimum absolute atomic E-state index is 0.520. The van der Waals surface area contributed by atoms with Gasteiger partial charge in [0.1, 0.15) is 5.76 Å². The Morgan fingerprint density at radius 1 is 0.933 bits per heavy atom. The van der Waals surface area contributed by atoms with Gasteiger partial charge in [0.2, 0.25) is 11.5 Å². The molecule has 5 nitrogen and oxygen atoms in total. The first-order chi connectivity index (χ1) is 6.91. The number of unbranched alkanes of at least 4 members (excludes halogenated alkanes) is 1. The molecule has 5 N–H and O–H groups in total. The molecule has 0 saturated carbocycles. The summed E-state index contributed by atoms with van der Waals surface area (Å²) in [4.78, 5) is 0. The maximum Gasteiger partial charge on any atom is 0.207 e. The molecule has 0 radical (unpaired) electrons. The Morgan fingerprint density at radius 2 is 1.47 bits per heavy atom. The van der Waals surface area contributed by atoms with E-state index in [1.807, 2.05) is 6.92 Å². The predicted molar refractivity (Wildman–Crippen MR) is 55.9 cm³/mol. The topological polar surface area (TPSA) is 101 Å². The lowest BCUT2D eigenvalue weighted by atomic mass is 10.2. The summed E-state index contributed by atoms with van der Waals surface area (Å²) in [7, 11) is 0. The van der Waals surface area contributed by atoms with Crippen molar-refractivity contribution in [2.45, 2.75) is 26.7 Å². The average Bonchev–Trinajstić information content (AvgIpc) is 2.22. The molecule has 0 atom stereocenters. The van der Waals surface area contributed by atoms with E-state index in [9.17, 15) is 15.3 Å². The van der Waals surface area contributed by atoms with Gasteiger partial charge in [0, 0.05) is 0 Å². The van der Waals surface area contributed by atoms with Crippen LogP contribution in [-0.4, -0.2) is 25.5 Å². The zero-order valence-corrected chi connectivity index (χ0v) is 8.73. The second-order valence-electron chi connectivity index (χ2n) is 3.01. The third kappa shape index (κ3) is 3.84. The number of hydrogen-bond acceptors (Lipinski definition) is 5. The molecule has 0 aromatic heterocycles. The van der Waals surface area contributed by atoms with Crippen LogP contribution in [0.1, 0.15) is 26.7 Å². The molecule has 0 unspecified atom stereocenters. The fourth-order valence-electron chi connectivity index (χ4n) is 0.783. The molecule has 0 aliphatic carbocycles. The quantitative estimate of drug-likeness (QED) is 0.367. The van der Waals surface area contributed by atoms with Gasteiger partial charge < -0.3 is 25.5 Å². The molecule has 0 aliphatic heterocycles. The third-order valence-electron chi connectivity index (χ3n) is 1.66. The van der Waals surface area contributed by atoms with Gasteiger partial charge in [-0.05, 0) is 19.4 Å². The van der Waals surface area contributed by atoms with Crippen molar-refractivity contribution < 1.29 is 25.5 Å². The van der Waals surface area contributed by atoms with E-state index >= 15 is 0 Å². The van der Waals surface area contributed by atoms with Gasteiger partial charge in [0.25, 0.3) is 0 Å². The lowest BCUT2D eigenvalue weighted by Gasteiger charge is -2.04. The fraction of sp³-hybridized carbons (Fsp3) is 0.400. The molecule has 0 aromatic carbocycles. The molecular weight excluding hydrogens is 200 g/mol. The highest BCUT2D eigenvalue weighted by Gasteiger charge is 2.14. The summed E-state index contributed by atoms with van der Waals surface area (Å²) >= 11 is 0. The second-order valence-corrected chi connectivity index (χ2v) is 3.01. The van der Waals surface area contributed by atoms with Crippen molar-refractivity contribution in [3.05, 3.63) is 34.9 Å². The van der Waals surface area contributed by atoms with Crippen LogP contribution in [0.3, 0.4) is 0 Å². The van der Waals surface area contributed by atoms with Crippen LogP contribution < -0.4 is 0 Å². The summed E-state index contributed by atoms with van der Waals surface area (Å²) in [5.41, 5.74) is 0. The van der Waals surface area contributed by atoms with E-state index < -0.39 is 28.8 Å². The van der Waals surface area contributed by atoms with E-state index in [1.165, 1.54) is 6.08 Å². The number of aliphatic hydroxyl groups is 5. The summed E-state index contributed by atoms with van der Waals surface area (Å²) in [6.45, 7) is 3.01. The Bertz CT molecular complexity index is 308. The molecule has 0 aliphatic rings. The standard InChI is InChI=1S/C10H16O5/c1-3-4-5-7(12)9(14)10(15)8(13)6(2)11/h5,11-15H,3-4H2,1-2H3/b7-5-,8-6-,10-9-. The Hall–Kier alpha value is -1.78. The van der Waals surface area contributed by atoms with Crippen LogP contribution in [0.5, 0.6) is 0 Å². The van der Waals surface area contributed by atoms with E-state index in [-0.39, 0.29) is 0 Å². The van der Waals surface area contributed by atoms with E-state index in [4.69, 9.17) is 10.2 Å². The zero-order valence-electron chi connectivity index (χ0n) is 8.73. The van der Waals surface area contributed by atoms with E-state index in [0.717, 1.165) is 13.3 Å². The number of allylic oxidation sites excluding steroid dienone is 2. The highest BCUT2D eigenvalue weighted by molar-refractivity contribution is 5.30. The van der Waals surface area contributed by atoms with Gasteiger partial charge in [-0.1, -0.05) is 13.3 Å². The summed E-state index contributed by atoms with van der Waals surface area (Å²) in [5, 5.41) is 45.5. The highest BCUT2D eigenvalue weighted by Crippen LogP contribution is 2.15. The number of hydrogen-bond donors (Lipinski definition) is 5. The zero-order chi connectivity index (χ0) is 12.0. The van der Waals surface area contributed by atoms with Crippen molar-refractivity contribution >= 4 is 0 Å². The number of rotatable bonds is 4. The van der Waals surface area contributed by atoms with Gasteiger partial charge in [-0.25, -0.2) is 0 Å². The lowest BCUT2D eigenvalue weighted by molar-refractivity contribution is 0.245. The fourth-order valence-corrected chi connectivity index (χ4v) is 0.783. The summed E-state index contributed by atoms with van der Waals surface area (Å²) < 4.78 is 0. The molecule has 0 saturated heterocycles. The largest absolute Gasteiger partial charge is 0.509 e. The van der Waals surface area contributed by atoms with Gasteiger partial charge in [-0.15, -0.1) is 0 Å². The number of aliphatic hydroxyl groups excluding tert-OH is 5. The molecule has 5 heteroatoms. The van der Waals surface area contributed by atoms with Gasteiger partial charge >= 0.3 is 0 Å². The van der Waals surface area contributed by atoms with Gasteiger partial charge in [-0.3, -0.25) is 0 Å². The smallest absolute Gasteiger partial charge is 0.207 e. The highest BCUT2D eigenvalue weighted by atomic mass is 16.4. The van der Waals surface area contributed by atoms with Crippen LogP contribution in [-0.2, 0) is 0 Å². The summed E-state index contributed by atoms with van der Waals surface area (Å²) in [6.07, 6.45) is 2.58. The molecule has 0 amide bonds. The summed E-state index contributed by atoms with van der Waals surface area (Å²) in [5.74, 6) is -3.79. The minimum atomic E-state index is -0.958. The van der Waals surface area contributed by atoms with Crippen LogP contribution in [0.25, 0.3) is 0 Å². The van der Waals surface area contributed by atoms with E-state index in [1.54, 1.807) is 0 Å². The molecule has 0 fully saturated rings. The molecule has 0 bridgehead atoms. The Kier molecular flexibility index (Phi) is 5.15. The normalized spacial score (nSPS) is 15.7. The SMILES string of the molecule is CCC/C=C(O)/C(O)=C(O)\C(O)=C(/C)O. The average molecular weight is 216 g/mol.